The third-order valence-electron chi connectivity index (χ3n) is 6.55. The van der Waals surface area contributed by atoms with Crippen molar-refractivity contribution < 1.29 is 27.1 Å². The number of hydrogen-bond donors (Lipinski definition) is 0. The molecule has 0 saturated carbocycles. The molecule has 4 rings (SSSR count). The van der Waals surface area contributed by atoms with Gasteiger partial charge in [-0.3, -0.25) is 9.10 Å². The van der Waals surface area contributed by atoms with E-state index in [1.807, 2.05) is 13.0 Å². The second kappa shape index (κ2) is 11.2. The zero-order valence-electron chi connectivity index (χ0n) is 21.6. The number of rotatable bonds is 7. The first-order valence-corrected chi connectivity index (χ1v) is 13.9. The molecule has 0 saturated heterocycles. The molecule has 0 aliphatic carbocycles. The molecule has 3 aromatic carbocycles. The maximum Gasteiger partial charge on any atom is 0.305 e. The van der Waals surface area contributed by atoms with Gasteiger partial charge in [-0.25, -0.2) is 12.8 Å². The molecule has 38 heavy (non-hydrogen) atoms. The standard InChI is InChI=1S/C29H29ClFNO5S/c1-18-7-5-8-23(15-18)38(34,35)32-17-22(12-14-27(33)36-4)37-26-13-11-21(20(3)29(26)32)16-19(2)28-24(30)9-6-10-25(28)31/h5-11,13,15-16,22H,12,14,17H2,1-4H3/b19-16+/t22-/m0/s1. The first kappa shape index (κ1) is 27.7. The number of ether oxygens (including phenoxy) is 2. The smallest absolute Gasteiger partial charge is 0.305 e. The Morgan fingerprint density at radius 3 is 2.61 bits per heavy atom. The van der Waals surface area contributed by atoms with Gasteiger partial charge >= 0.3 is 5.97 Å². The van der Waals surface area contributed by atoms with E-state index in [-0.39, 0.29) is 34.9 Å². The molecule has 1 atom stereocenters. The van der Waals surface area contributed by atoms with E-state index in [1.54, 1.807) is 62.4 Å². The quantitative estimate of drug-likeness (QED) is 0.243. The van der Waals surface area contributed by atoms with Crippen LogP contribution in [0.25, 0.3) is 11.6 Å². The number of fused-ring (bicyclic) bond motifs is 1. The van der Waals surface area contributed by atoms with Crippen LogP contribution < -0.4 is 9.04 Å². The highest BCUT2D eigenvalue weighted by atomic mass is 35.5. The molecule has 6 nitrogen and oxygen atoms in total. The summed E-state index contributed by atoms with van der Waals surface area (Å²) >= 11 is 6.27. The first-order valence-electron chi connectivity index (χ1n) is 12.1. The highest BCUT2D eigenvalue weighted by molar-refractivity contribution is 7.92. The molecule has 3 aromatic rings. The second-order valence-electron chi connectivity index (χ2n) is 9.26. The summed E-state index contributed by atoms with van der Waals surface area (Å²) in [5.41, 5.74) is 3.44. The first-order chi connectivity index (χ1) is 18.0. The van der Waals surface area contributed by atoms with E-state index in [1.165, 1.54) is 17.5 Å². The van der Waals surface area contributed by atoms with Crippen LogP contribution in [0.1, 0.15) is 42.0 Å². The van der Waals surface area contributed by atoms with Crippen LogP contribution in [0.4, 0.5) is 10.1 Å². The van der Waals surface area contributed by atoms with Gasteiger partial charge in [-0.15, -0.1) is 0 Å². The van der Waals surface area contributed by atoms with Crippen LogP contribution in [0, 0.1) is 19.7 Å². The third-order valence-corrected chi connectivity index (χ3v) is 8.63. The molecule has 0 radical (unpaired) electrons. The average molecular weight is 558 g/mol. The summed E-state index contributed by atoms with van der Waals surface area (Å²) in [7, 11) is -2.66. The Balaban J connectivity index is 1.82. The van der Waals surface area contributed by atoms with Crippen molar-refractivity contribution in [1.29, 1.82) is 0 Å². The normalized spacial score (nSPS) is 15.6. The number of hydrogen-bond acceptors (Lipinski definition) is 5. The molecule has 0 amide bonds. The van der Waals surface area contributed by atoms with Gasteiger partial charge in [-0.1, -0.05) is 41.9 Å². The molecule has 0 spiro atoms. The van der Waals surface area contributed by atoms with Gasteiger partial charge in [0.2, 0.25) is 0 Å². The topological polar surface area (TPSA) is 72.9 Å². The van der Waals surface area contributed by atoms with E-state index in [2.05, 4.69) is 0 Å². The zero-order chi connectivity index (χ0) is 27.6. The summed E-state index contributed by atoms with van der Waals surface area (Å²) in [4.78, 5) is 11.9. The predicted molar refractivity (Wildman–Crippen MR) is 148 cm³/mol. The number of halogens is 2. The largest absolute Gasteiger partial charge is 0.486 e. The van der Waals surface area contributed by atoms with Crippen molar-refractivity contribution in [3.8, 4) is 5.75 Å². The molecule has 1 heterocycles. The average Bonchev–Trinajstić information content (AvgIpc) is 2.88. The van der Waals surface area contributed by atoms with E-state index >= 15 is 0 Å². The molecule has 0 fully saturated rings. The molecule has 0 aromatic heterocycles. The highest BCUT2D eigenvalue weighted by Crippen LogP contribution is 2.42. The third kappa shape index (κ3) is 5.56. The molecular weight excluding hydrogens is 529 g/mol. The number of carbonyl (C=O) groups excluding carboxylic acids is 1. The van der Waals surface area contributed by atoms with Gasteiger partial charge < -0.3 is 9.47 Å². The highest BCUT2D eigenvalue weighted by Gasteiger charge is 2.36. The molecular formula is C29H29ClFNO5S. The molecule has 1 aliphatic heterocycles. The van der Waals surface area contributed by atoms with Gasteiger partial charge in [-0.2, -0.15) is 0 Å². The summed E-state index contributed by atoms with van der Waals surface area (Å²) in [5, 5.41) is 0.287. The minimum Gasteiger partial charge on any atom is -0.486 e. The molecule has 0 N–H and O–H groups in total. The van der Waals surface area contributed by atoms with Crippen LogP contribution in [-0.2, 0) is 19.6 Å². The van der Waals surface area contributed by atoms with Gasteiger partial charge in [0, 0.05) is 12.0 Å². The lowest BCUT2D eigenvalue weighted by Crippen LogP contribution is -2.44. The minimum atomic E-state index is -3.97. The summed E-state index contributed by atoms with van der Waals surface area (Å²) in [6, 6.07) is 14.7. The van der Waals surface area contributed by atoms with Gasteiger partial charge in [0.1, 0.15) is 17.7 Å². The van der Waals surface area contributed by atoms with E-state index in [0.29, 0.717) is 28.1 Å². The Bertz CT molecular complexity index is 1500. The fraction of sp³-hybridized carbons (Fsp3) is 0.276. The molecule has 0 bridgehead atoms. The van der Waals surface area contributed by atoms with E-state index in [9.17, 15) is 17.6 Å². The number of allylic oxidation sites excluding steroid dienone is 1. The summed E-state index contributed by atoms with van der Waals surface area (Å²) in [6.45, 7) is 5.41. The van der Waals surface area contributed by atoms with Crippen molar-refractivity contribution in [2.75, 3.05) is 18.0 Å². The Hall–Kier alpha value is -3.36. The summed E-state index contributed by atoms with van der Waals surface area (Å²) < 4.78 is 54.7. The number of aryl methyl sites for hydroxylation is 1. The molecule has 1 aliphatic rings. The fourth-order valence-corrected chi connectivity index (χ4v) is 6.56. The summed E-state index contributed by atoms with van der Waals surface area (Å²) in [6.07, 6.45) is 1.61. The number of esters is 1. The van der Waals surface area contributed by atoms with Gasteiger partial charge in [-0.05, 0) is 79.8 Å². The van der Waals surface area contributed by atoms with Crippen LogP contribution in [0.5, 0.6) is 5.75 Å². The lowest BCUT2D eigenvalue weighted by atomic mass is 9.99. The number of benzene rings is 3. The van der Waals surface area contributed by atoms with E-state index in [0.717, 1.165) is 5.56 Å². The maximum atomic E-state index is 14.5. The SMILES string of the molecule is COC(=O)CC[C@H]1CN(S(=O)(=O)c2cccc(C)c2)c2c(ccc(/C=C(\C)c3c(F)cccc3Cl)c2C)O1. The van der Waals surface area contributed by atoms with Gasteiger partial charge in [0.05, 0.1) is 29.3 Å². The van der Waals surface area contributed by atoms with Gasteiger partial charge in [0.15, 0.2) is 0 Å². The Labute approximate surface area is 227 Å². The number of anilines is 1. The van der Waals surface area contributed by atoms with Crippen molar-refractivity contribution in [3.05, 3.63) is 87.7 Å². The minimum absolute atomic E-state index is 0.0202. The summed E-state index contributed by atoms with van der Waals surface area (Å²) in [5.74, 6) is -0.452. The Morgan fingerprint density at radius 2 is 1.92 bits per heavy atom. The van der Waals surface area contributed by atoms with Crippen LogP contribution >= 0.6 is 11.6 Å². The lowest BCUT2D eigenvalue weighted by molar-refractivity contribution is -0.141. The fourth-order valence-electron chi connectivity index (χ4n) is 4.58. The van der Waals surface area contributed by atoms with E-state index in [4.69, 9.17) is 21.1 Å². The number of methoxy groups -OCH3 is 1. The lowest BCUT2D eigenvalue weighted by Gasteiger charge is -2.37. The van der Waals surface area contributed by atoms with Crippen molar-refractivity contribution in [3.63, 3.8) is 0 Å². The van der Waals surface area contributed by atoms with Crippen LogP contribution in [0.3, 0.4) is 0 Å². The number of nitrogens with zero attached hydrogens (tertiary/aromatic N) is 1. The zero-order valence-corrected chi connectivity index (χ0v) is 23.2. The van der Waals surface area contributed by atoms with Crippen molar-refractivity contribution >= 4 is 44.9 Å². The number of sulfonamides is 1. The van der Waals surface area contributed by atoms with Gasteiger partial charge in [0.25, 0.3) is 10.0 Å². The van der Waals surface area contributed by atoms with Crippen LogP contribution in [0.2, 0.25) is 5.02 Å². The second-order valence-corrected chi connectivity index (χ2v) is 11.5. The molecule has 200 valence electrons. The molecule has 9 heteroatoms. The Morgan fingerprint density at radius 1 is 1.18 bits per heavy atom. The van der Waals surface area contributed by atoms with Crippen molar-refractivity contribution in [2.45, 2.75) is 44.6 Å². The van der Waals surface area contributed by atoms with Crippen molar-refractivity contribution in [2.24, 2.45) is 0 Å². The maximum absolute atomic E-state index is 14.5. The van der Waals surface area contributed by atoms with E-state index < -0.39 is 27.9 Å². The monoisotopic (exact) mass is 557 g/mol. The van der Waals surface area contributed by atoms with Crippen molar-refractivity contribution in [1.82, 2.24) is 0 Å². The van der Waals surface area contributed by atoms with Crippen LogP contribution in [-0.4, -0.2) is 34.1 Å². The van der Waals surface area contributed by atoms with Crippen LogP contribution in [0.15, 0.2) is 59.5 Å². The Kier molecular flexibility index (Phi) is 8.13. The number of carbonyl (C=O) groups is 1. The molecule has 0 unspecified atom stereocenters. The predicted octanol–water partition coefficient (Wildman–Crippen LogP) is 6.57.